The SMILES string of the molecule is C[C@@H]1[C@H](C)CCC[C@@H]1NC(=S)Nc1cc([N+](=O)[O-])ccc1Cl. The Hall–Kier alpha value is -1.40. The van der Waals surface area contributed by atoms with Gasteiger partial charge in [-0.25, -0.2) is 0 Å². The van der Waals surface area contributed by atoms with Gasteiger partial charge in [-0.15, -0.1) is 0 Å². The number of nitro groups is 1. The summed E-state index contributed by atoms with van der Waals surface area (Å²) in [5.41, 5.74) is 0.430. The first-order chi connectivity index (χ1) is 10.4. The van der Waals surface area contributed by atoms with Gasteiger partial charge in [-0.2, -0.15) is 0 Å². The fourth-order valence-corrected chi connectivity index (χ4v) is 3.26. The zero-order valence-electron chi connectivity index (χ0n) is 12.6. The van der Waals surface area contributed by atoms with Crippen LogP contribution in [-0.4, -0.2) is 16.1 Å². The maximum Gasteiger partial charge on any atom is 0.271 e. The van der Waals surface area contributed by atoms with E-state index < -0.39 is 4.92 Å². The molecule has 0 amide bonds. The summed E-state index contributed by atoms with van der Waals surface area (Å²) in [4.78, 5) is 10.4. The lowest BCUT2D eigenvalue weighted by Gasteiger charge is -2.35. The number of nitrogens with one attached hydrogen (secondary N) is 2. The van der Waals surface area contributed by atoms with E-state index in [9.17, 15) is 10.1 Å². The van der Waals surface area contributed by atoms with Crippen LogP contribution in [0.1, 0.15) is 33.1 Å². The van der Waals surface area contributed by atoms with Gasteiger partial charge in [-0.05, 0) is 36.5 Å². The van der Waals surface area contributed by atoms with Crippen LogP contribution in [0.4, 0.5) is 11.4 Å². The van der Waals surface area contributed by atoms with Crippen molar-refractivity contribution >= 4 is 40.3 Å². The highest BCUT2D eigenvalue weighted by molar-refractivity contribution is 7.80. The van der Waals surface area contributed by atoms with Crippen molar-refractivity contribution in [3.63, 3.8) is 0 Å². The average Bonchev–Trinajstić information content (AvgIpc) is 2.46. The standard InChI is InChI=1S/C15H20ClN3O2S/c1-9-4-3-5-13(10(9)2)17-15(22)18-14-8-11(19(20)21)6-7-12(14)16/h6-10,13H,3-5H2,1-2H3,(H2,17,18,22)/t9-,10-,13+/m1/s1. The van der Waals surface area contributed by atoms with Gasteiger partial charge in [0.2, 0.25) is 0 Å². The highest BCUT2D eigenvalue weighted by Crippen LogP contribution is 2.30. The molecule has 120 valence electrons. The molecule has 0 bridgehead atoms. The summed E-state index contributed by atoms with van der Waals surface area (Å²) in [6, 6.07) is 4.58. The third-order valence-corrected chi connectivity index (χ3v) is 4.98. The zero-order valence-corrected chi connectivity index (χ0v) is 14.2. The van der Waals surface area contributed by atoms with Crippen molar-refractivity contribution in [3.8, 4) is 0 Å². The van der Waals surface area contributed by atoms with Crippen LogP contribution < -0.4 is 10.6 Å². The lowest BCUT2D eigenvalue weighted by Crippen LogP contribution is -2.45. The smallest absolute Gasteiger partial charge is 0.271 e. The molecule has 3 atom stereocenters. The molecule has 0 aliphatic heterocycles. The van der Waals surface area contributed by atoms with Gasteiger partial charge in [0.15, 0.2) is 5.11 Å². The van der Waals surface area contributed by atoms with Crippen LogP contribution in [-0.2, 0) is 0 Å². The first-order valence-electron chi connectivity index (χ1n) is 7.40. The predicted octanol–water partition coefficient (Wildman–Crippen LogP) is 4.36. The molecule has 2 N–H and O–H groups in total. The second-order valence-electron chi connectivity index (χ2n) is 5.89. The first-order valence-corrected chi connectivity index (χ1v) is 8.18. The van der Waals surface area contributed by atoms with Gasteiger partial charge in [0, 0.05) is 18.2 Å². The average molecular weight is 342 g/mol. The molecule has 0 radical (unpaired) electrons. The fraction of sp³-hybridized carbons (Fsp3) is 0.533. The minimum atomic E-state index is -0.455. The van der Waals surface area contributed by atoms with E-state index in [1.54, 1.807) is 0 Å². The van der Waals surface area contributed by atoms with Gasteiger partial charge in [0.25, 0.3) is 5.69 Å². The quantitative estimate of drug-likeness (QED) is 0.485. The van der Waals surface area contributed by atoms with Crippen molar-refractivity contribution in [3.05, 3.63) is 33.3 Å². The number of rotatable bonds is 3. The molecule has 1 aliphatic rings. The van der Waals surface area contributed by atoms with E-state index in [1.165, 1.54) is 31.0 Å². The van der Waals surface area contributed by atoms with Gasteiger partial charge in [-0.3, -0.25) is 10.1 Å². The number of nitro benzene ring substituents is 1. The lowest BCUT2D eigenvalue weighted by molar-refractivity contribution is -0.384. The summed E-state index contributed by atoms with van der Waals surface area (Å²) in [7, 11) is 0. The maximum absolute atomic E-state index is 10.8. The second kappa shape index (κ2) is 7.24. The van der Waals surface area contributed by atoms with Crippen LogP contribution in [0.25, 0.3) is 0 Å². The molecular formula is C15H20ClN3O2S. The molecular weight excluding hydrogens is 322 g/mol. The normalized spacial score (nSPS) is 24.6. The molecule has 2 rings (SSSR count). The number of thiocarbonyl (C=S) groups is 1. The summed E-state index contributed by atoms with van der Waals surface area (Å²) in [6.45, 7) is 4.48. The topological polar surface area (TPSA) is 67.2 Å². The Morgan fingerprint density at radius 3 is 2.82 bits per heavy atom. The largest absolute Gasteiger partial charge is 0.359 e. The third kappa shape index (κ3) is 4.08. The minimum Gasteiger partial charge on any atom is -0.359 e. The summed E-state index contributed by atoms with van der Waals surface area (Å²) in [6.07, 6.45) is 3.51. The Morgan fingerprint density at radius 2 is 2.14 bits per heavy atom. The molecule has 1 aromatic rings. The highest BCUT2D eigenvalue weighted by Gasteiger charge is 2.27. The van der Waals surface area contributed by atoms with Crippen molar-refractivity contribution in [1.82, 2.24) is 5.32 Å². The van der Waals surface area contributed by atoms with Crippen molar-refractivity contribution in [2.24, 2.45) is 11.8 Å². The minimum absolute atomic E-state index is 0.0191. The van der Waals surface area contributed by atoms with Gasteiger partial charge in [0.05, 0.1) is 15.6 Å². The summed E-state index contributed by atoms with van der Waals surface area (Å²) in [5, 5.41) is 18.0. The van der Waals surface area contributed by atoms with Crippen LogP contribution in [0.5, 0.6) is 0 Å². The number of hydrogen-bond donors (Lipinski definition) is 2. The molecule has 0 unspecified atom stereocenters. The number of hydrogen-bond acceptors (Lipinski definition) is 3. The summed E-state index contributed by atoms with van der Waals surface area (Å²) in [5.74, 6) is 1.20. The van der Waals surface area contributed by atoms with Gasteiger partial charge < -0.3 is 10.6 Å². The fourth-order valence-electron chi connectivity index (χ4n) is 2.84. The Labute approximate surface area is 140 Å². The van der Waals surface area contributed by atoms with Crippen LogP contribution in [0, 0.1) is 22.0 Å². The van der Waals surface area contributed by atoms with Crippen LogP contribution >= 0.6 is 23.8 Å². The third-order valence-electron chi connectivity index (χ3n) is 4.43. The number of nitrogens with zero attached hydrogens (tertiary/aromatic N) is 1. The Bertz CT molecular complexity index is 582. The van der Waals surface area contributed by atoms with Crippen molar-refractivity contribution in [1.29, 1.82) is 0 Å². The Balaban J connectivity index is 2.03. The van der Waals surface area contributed by atoms with Gasteiger partial charge in [-0.1, -0.05) is 38.3 Å². The first kappa shape index (κ1) is 17.0. The predicted molar refractivity (Wildman–Crippen MR) is 93.4 cm³/mol. The number of benzene rings is 1. The lowest BCUT2D eigenvalue weighted by atomic mass is 9.78. The number of non-ortho nitro benzene ring substituents is 1. The van der Waals surface area contributed by atoms with E-state index in [0.717, 1.165) is 6.42 Å². The molecule has 5 nitrogen and oxygen atoms in total. The summed E-state index contributed by atoms with van der Waals surface area (Å²) >= 11 is 11.4. The molecule has 1 saturated carbocycles. The Kier molecular flexibility index (Phi) is 5.58. The molecule has 0 saturated heterocycles. The molecule has 0 heterocycles. The van der Waals surface area contributed by atoms with Gasteiger partial charge >= 0.3 is 0 Å². The van der Waals surface area contributed by atoms with E-state index in [1.807, 2.05) is 0 Å². The number of halogens is 1. The van der Waals surface area contributed by atoms with E-state index >= 15 is 0 Å². The molecule has 22 heavy (non-hydrogen) atoms. The number of anilines is 1. The van der Waals surface area contributed by atoms with Crippen LogP contribution in [0.3, 0.4) is 0 Å². The molecule has 0 spiro atoms. The molecule has 7 heteroatoms. The van der Waals surface area contributed by atoms with Crippen molar-refractivity contribution < 1.29 is 4.92 Å². The van der Waals surface area contributed by atoms with Crippen LogP contribution in [0.2, 0.25) is 5.02 Å². The van der Waals surface area contributed by atoms with Crippen molar-refractivity contribution in [2.45, 2.75) is 39.2 Å². The molecule has 1 fully saturated rings. The van der Waals surface area contributed by atoms with Crippen LogP contribution in [0.15, 0.2) is 18.2 Å². The summed E-state index contributed by atoms with van der Waals surface area (Å²) < 4.78 is 0. The van der Waals surface area contributed by atoms with Gasteiger partial charge in [0.1, 0.15) is 0 Å². The maximum atomic E-state index is 10.8. The van der Waals surface area contributed by atoms with E-state index in [4.69, 9.17) is 23.8 Å². The molecule has 1 aromatic carbocycles. The second-order valence-corrected chi connectivity index (χ2v) is 6.71. The van der Waals surface area contributed by atoms with E-state index in [-0.39, 0.29) is 5.69 Å². The zero-order chi connectivity index (χ0) is 16.3. The highest BCUT2D eigenvalue weighted by atomic mass is 35.5. The monoisotopic (exact) mass is 341 g/mol. The molecule has 0 aromatic heterocycles. The Morgan fingerprint density at radius 1 is 1.41 bits per heavy atom. The molecule has 1 aliphatic carbocycles. The van der Waals surface area contributed by atoms with E-state index in [2.05, 4.69) is 24.5 Å². The van der Waals surface area contributed by atoms with Crippen molar-refractivity contribution in [2.75, 3.05) is 5.32 Å². The van der Waals surface area contributed by atoms with E-state index in [0.29, 0.717) is 33.7 Å².